The lowest BCUT2D eigenvalue weighted by Gasteiger charge is -2.31. The molecule has 34 heavy (non-hydrogen) atoms. The summed E-state index contributed by atoms with van der Waals surface area (Å²) in [7, 11) is 5.60. The number of hydrogen-bond donors (Lipinski definition) is 1. The third-order valence-electron chi connectivity index (χ3n) is 6.42. The number of aromatic amines is 1. The zero-order valence-corrected chi connectivity index (χ0v) is 19.7. The van der Waals surface area contributed by atoms with Gasteiger partial charge in [0.1, 0.15) is 5.76 Å². The van der Waals surface area contributed by atoms with Crippen LogP contribution in [-0.2, 0) is 20.1 Å². The molecule has 0 radical (unpaired) electrons. The Kier molecular flexibility index (Phi) is 5.84. The van der Waals surface area contributed by atoms with Crippen molar-refractivity contribution in [1.29, 1.82) is 0 Å². The second-order valence-corrected chi connectivity index (χ2v) is 8.85. The topological polar surface area (TPSA) is 95.5 Å². The Bertz CT molecular complexity index is 1410. The normalized spacial score (nSPS) is 15.3. The lowest BCUT2D eigenvalue weighted by Crippen LogP contribution is -2.43. The SMILES string of the molecule is CN1CCN(Cc2ccc(N(C)c3nc4c(c(=O)[nH]c(=O)n4C)n3Cc3ccccc3)o2)CC1. The highest BCUT2D eigenvalue weighted by molar-refractivity contribution is 5.75. The molecule has 1 N–H and O–H groups in total. The van der Waals surface area contributed by atoms with Crippen molar-refractivity contribution in [1.82, 2.24) is 28.9 Å². The molecule has 10 heteroatoms. The van der Waals surface area contributed by atoms with Crippen molar-refractivity contribution in [2.24, 2.45) is 7.05 Å². The largest absolute Gasteiger partial charge is 0.444 e. The van der Waals surface area contributed by atoms with Crippen LogP contribution in [0.15, 0.2) is 56.5 Å². The molecule has 1 aromatic carbocycles. The van der Waals surface area contributed by atoms with Gasteiger partial charge >= 0.3 is 5.69 Å². The van der Waals surface area contributed by atoms with E-state index in [9.17, 15) is 9.59 Å². The highest BCUT2D eigenvalue weighted by Gasteiger charge is 2.23. The molecule has 1 fully saturated rings. The number of piperazine rings is 1. The molecule has 1 aliphatic heterocycles. The van der Waals surface area contributed by atoms with Crippen LogP contribution in [0.5, 0.6) is 0 Å². The molecule has 0 unspecified atom stereocenters. The van der Waals surface area contributed by atoms with Crippen molar-refractivity contribution in [3.05, 3.63) is 74.6 Å². The van der Waals surface area contributed by atoms with E-state index >= 15 is 0 Å². The summed E-state index contributed by atoms with van der Waals surface area (Å²) in [5, 5.41) is 0. The Balaban J connectivity index is 1.51. The summed E-state index contributed by atoms with van der Waals surface area (Å²) in [6.07, 6.45) is 0. The first-order valence-corrected chi connectivity index (χ1v) is 11.4. The molecule has 0 atom stereocenters. The summed E-state index contributed by atoms with van der Waals surface area (Å²) >= 11 is 0. The molecule has 0 amide bonds. The Hall–Kier alpha value is -3.63. The molecule has 3 aromatic heterocycles. The van der Waals surface area contributed by atoms with Gasteiger partial charge in [-0.3, -0.25) is 28.7 Å². The highest BCUT2D eigenvalue weighted by Crippen LogP contribution is 2.28. The average Bonchev–Trinajstić information content (AvgIpc) is 3.45. The quantitative estimate of drug-likeness (QED) is 0.464. The molecule has 1 aliphatic rings. The van der Waals surface area contributed by atoms with Crippen molar-refractivity contribution in [3.8, 4) is 0 Å². The van der Waals surface area contributed by atoms with Crippen LogP contribution in [-0.4, -0.2) is 69.2 Å². The van der Waals surface area contributed by atoms with Crippen LogP contribution < -0.4 is 16.1 Å². The fourth-order valence-corrected chi connectivity index (χ4v) is 4.35. The monoisotopic (exact) mass is 463 g/mol. The van der Waals surface area contributed by atoms with Crippen LogP contribution >= 0.6 is 0 Å². The third kappa shape index (κ3) is 4.17. The Morgan fingerprint density at radius 1 is 1.00 bits per heavy atom. The summed E-state index contributed by atoms with van der Waals surface area (Å²) in [5.41, 5.74) is 0.729. The maximum Gasteiger partial charge on any atom is 0.329 e. The molecule has 5 rings (SSSR count). The molecule has 4 aromatic rings. The number of nitrogens with zero attached hydrogens (tertiary/aromatic N) is 6. The molecule has 178 valence electrons. The van der Waals surface area contributed by atoms with E-state index < -0.39 is 11.2 Å². The first-order valence-electron chi connectivity index (χ1n) is 11.4. The Morgan fingerprint density at radius 3 is 2.47 bits per heavy atom. The van der Waals surface area contributed by atoms with Gasteiger partial charge in [0.2, 0.25) is 11.8 Å². The summed E-state index contributed by atoms with van der Waals surface area (Å²) in [4.78, 5) is 38.6. The van der Waals surface area contributed by atoms with Crippen molar-refractivity contribution < 1.29 is 4.42 Å². The number of aryl methyl sites for hydroxylation is 1. The van der Waals surface area contributed by atoms with Gasteiger partial charge in [0.25, 0.3) is 5.56 Å². The number of imidazole rings is 1. The first kappa shape index (κ1) is 22.2. The van der Waals surface area contributed by atoms with E-state index in [2.05, 4.69) is 21.8 Å². The molecule has 10 nitrogen and oxygen atoms in total. The number of likely N-dealkylation sites (N-methyl/N-ethyl adjacent to an activating group) is 1. The molecular formula is C24H29N7O3. The minimum Gasteiger partial charge on any atom is -0.444 e. The van der Waals surface area contributed by atoms with Crippen LogP contribution in [0.3, 0.4) is 0 Å². The lowest BCUT2D eigenvalue weighted by molar-refractivity contribution is 0.140. The van der Waals surface area contributed by atoms with E-state index in [1.54, 1.807) is 7.05 Å². The van der Waals surface area contributed by atoms with E-state index in [-0.39, 0.29) is 0 Å². The fourth-order valence-electron chi connectivity index (χ4n) is 4.35. The second-order valence-electron chi connectivity index (χ2n) is 8.85. The smallest absolute Gasteiger partial charge is 0.329 e. The third-order valence-corrected chi connectivity index (χ3v) is 6.42. The zero-order valence-electron chi connectivity index (χ0n) is 19.7. The number of nitrogens with one attached hydrogen (secondary N) is 1. The molecular weight excluding hydrogens is 434 g/mol. The van der Waals surface area contributed by atoms with Crippen LogP contribution in [0, 0.1) is 0 Å². The lowest BCUT2D eigenvalue weighted by atomic mass is 10.2. The summed E-state index contributed by atoms with van der Waals surface area (Å²) in [5.74, 6) is 2.02. The molecule has 1 saturated heterocycles. The number of hydrogen-bond acceptors (Lipinski definition) is 7. The maximum absolute atomic E-state index is 12.8. The molecule has 0 saturated carbocycles. The predicted molar refractivity (Wildman–Crippen MR) is 131 cm³/mol. The molecule has 0 aliphatic carbocycles. The number of furan rings is 1. The van der Waals surface area contributed by atoms with E-state index in [1.165, 1.54) is 4.57 Å². The standard InChI is InChI=1S/C24H29N7O3/c1-27-11-13-30(14-12-27)16-18-9-10-19(34-18)28(2)23-25-21-20(22(32)26-24(33)29(21)3)31(23)15-17-7-5-4-6-8-17/h4-10H,11-16H2,1-3H3,(H,26,32,33). The molecule has 0 spiro atoms. The van der Waals surface area contributed by atoms with Gasteiger partial charge < -0.3 is 9.32 Å². The summed E-state index contributed by atoms with van der Waals surface area (Å²) in [6.45, 7) is 5.27. The van der Waals surface area contributed by atoms with Gasteiger partial charge in [-0.25, -0.2) is 4.79 Å². The summed E-state index contributed by atoms with van der Waals surface area (Å²) < 4.78 is 9.36. The van der Waals surface area contributed by atoms with E-state index in [4.69, 9.17) is 9.40 Å². The van der Waals surface area contributed by atoms with Crippen LogP contribution in [0.4, 0.5) is 11.8 Å². The van der Waals surface area contributed by atoms with Gasteiger partial charge in [0, 0.05) is 46.3 Å². The average molecular weight is 464 g/mol. The fraction of sp³-hybridized carbons (Fsp3) is 0.375. The number of fused-ring (bicyclic) bond motifs is 1. The summed E-state index contributed by atoms with van der Waals surface area (Å²) in [6, 6.07) is 13.7. The van der Waals surface area contributed by atoms with Gasteiger partial charge in [-0.1, -0.05) is 30.3 Å². The van der Waals surface area contributed by atoms with E-state index in [0.29, 0.717) is 29.5 Å². The van der Waals surface area contributed by atoms with Crippen molar-refractivity contribution >= 4 is 23.0 Å². The van der Waals surface area contributed by atoms with E-state index in [0.717, 1.165) is 44.0 Å². The van der Waals surface area contributed by atoms with Crippen molar-refractivity contribution in [3.63, 3.8) is 0 Å². The highest BCUT2D eigenvalue weighted by atomic mass is 16.4. The van der Waals surface area contributed by atoms with Crippen LogP contribution in [0.25, 0.3) is 11.2 Å². The maximum atomic E-state index is 12.8. The van der Waals surface area contributed by atoms with Gasteiger partial charge in [0.15, 0.2) is 11.2 Å². The van der Waals surface area contributed by atoms with Gasteiger partial charge in [0.05, 0.1) is 13.1 Å². The van der Waals surface area contributed by atoms with Crippen LogP contribution in [0.2, 0.25) is 0 Å². The van der Waals surface area contributed by atoms with Crippen molar-refractivity contribution in [2.75, 3.05) is 45.2 Å². The first-order chi connectivity index (χ1) is 16.4. The number of anilines is 2. The minimum absolute atomic E-state index is 0.329. The number of H-pyrrole nitrogens is 1. The second kappa shape index (κ2) is 8.96. The van der Waals surface area contributed by atoms with E-state index in [1.807, 2.05) is 59.0 Å². The van der Waals surface area contributed by atoms with Gasteiger partial charge in [-0.15, -0.1) is 0 Å². The van der Waals surface area contributed by atoms with Gasteiger partial charge in [-0.05, 0) is 18.7 Å². The predicted octanol–water partition coefficient (Wildman–Crippen LogP) is 1.58. The molecule has 4 heterocycles. The Labute approximate surface area is 196 Å². The number of benzene rings is 1. The minimum atomic E-state index is -0.497. The molecule has 0 bridgehead atoms. The van der Waals surface area contributed by atoms with Gasteiger partial charge in [-0.2, -0.15) is 4.98 Å². The van der Waals surface area contributed by atoms with Crippen molar-refractivity contribution in [2.45, 2.75) is 13.1 Å². The number of rotatable bonds is 6. The number of aromatic nitrogens is 4. The zero-order chi connectivity index (χ0) is 23.8. The Morgan fingerprint density at radius 2 is 1.74 bits per heavy atom. The van der Waals surface area contributed by atoms with Crippen LogP contribution in [0.1, 0.15) is 11.3 Å².